The van der Waals surface area contributed by atoms with Crippen LogP contribution in [-0.4, -0.2) is 32.2 Å². The number of benzene rings is 2. The van der Waals surface area contributed by atoms with Crippen molar-refractivity contribution in [1.29, 1.82) is 0 Å². The van der Waals surface area contributed by atoms with Gasteiger partial charge in [0.05, 0.1) is 12.4 Å². The largest absolute Gasteiger partial charge is 0.382 e. The Morgan fingerprint density at radius 2 is 1.96 bits per heavy atom. The molecule has 5 rings (SSSR count). The van der Waals surface area contributed by atoms with Crippen LogP contribution >= 0.6 is 0 Å². The molecule has 3 N–H and O–H groups in total. The number of nitrogens with two attached hydrogens (primary N) is 1. The highest BCUT2D eigenvalue weighted by molar-refractivity contribution is 5.83. The predicted molar refractivity (Wildman–Crippen MR) is 109 cm³/mol. The third kappa shape index (κ3) is 3.19. The molecule has 1 fully saturated rings. The van der Waals surface area contributed by atoms with Gasteiger partial charge in [-0.3, -0.25) is 4.57 Å². The summed E-state index contributed by atoms with van der Waals surface area (Å²) in [5.74, 6) is 0.398. The summed E-state index contributed by atoms with van der Waals surface area (Å²) in [5, 5.41) is 6.06. The summed E-state index contributed by atoms with van der Waals surface area (Å²) in [6.07, 6.45) is 5.24. The fraction of sp³-hybridized carbons (Fsp3) is 0.286. The van der Waals surface area contributed by atoms with Crippen LogP contribution < -0.4 is 11.1 Å². The molecule has 2 aromatic heterocycles. The predicted octanol–water partition coefficient (Wildman–Crippen LogP) is 3.03. The molecule has 1 saturated heterocycles. The van der Waals surface area contributed by atoms with Gasteiger partial charge in [-0.15, -0.1) is 0 Å². The molecule has 0 saturated carbocycles. The molecule has 4 aromatic rings. The van der Waals surface area contributed by atoms with E-state index in [2.05, 4.69) is 62.7 Å². The second-order valence-electron chi connectivity index (χ2n) is 7.19. The van der Waals surface area contributed by atoms with Crippen molar-refractivity contribution in [3.63, 3.8) is 0 Å². The first-order valence-corrected chi connectivity index (χ1v) is 9.55. The Labute approximate surface area is 162 Å². The number of ether oxygens (including phenoxy) is 1. The molecule has 2 aromatic carbocycles. The molecule has 1 aliphatic rings. The van der Waals surface area contributed by atoms with Gasteiger partial charge >= 0.3 is 0 Å². The van der Waals surface area contributed by atoms with Crippen LogP contribution in [-0.2, 0) is 11.3 Å². The molecule has 142 valence electrons. The van der Waals surface area contributed by atoms with Gasteiger partial charge in [0.1, 0.15) is 18.1 Å². The molecule has 0 aliphatic carbocycles. The molecule has 0 amide bonds. The number of fused-ring (bicyclic) bond motifs is 2. The van der Waals surface area contributed by atoms with Gasteiger partial charge in [-0.2, -0.15) is 0 Å². The summed E-state index contributed by atoms with van der Waals surface area (Å²) in [4.78, 5) is 12.6. The number of aromatic nitrogens is 4. The maximum Gasteiger partial charge on any atom is 0.167 e. The Balaban J connectivity index is 1.20. The normalized spacial score (nSPS) is 19.6. The summed E-state index contributed by atoms with van der Waals surface area (Å²) in [7, 11) is 0. The standard InChI is InChI=1S/C21H22N6O/c22-20-19-21(25-12-24-20)27(13-26-19)18-8-7-17(28-18)11-23-10-14-5-6-15-3-1-2-4-16(15)9-14/h1-6,9,12-13,17-18,23H,7-8,10-11H2,(H2,22,24,25). The van der Waals surface area contributed by atoms with E-state index >= 15 is 0 Å². The highest BCUT2D eigenvalue weighted by atomic mass is 16.5. The number of nitrogens with one attached hydrogen (secondary N) is 1. The van der Waals surface area contributed by atoms with Crippen molar-refractivity contribution in [2.45, 2.75) is 31.7 Å². The van der Waals surface area contributed by atoms with Gasteiger partial charge in [0.2, 0.25) is 0 Å². The van der Waals surface area contributed by atoms with Gasteiger partial charge in [0.25, 0.3) is 0 Å². The van der Waals surface area contributed by atoms with E-state index in [9.17, 15) is 0 Å². The number of imidazole rings is 1. The lowest BCUT2D eigenvalue weighted by molar-refractivity contribution is 0.00482. The summed E-state index contributed by atoms with van der Waals surface area (Å²) in [6.45, 7) is 1.64. The van der Waals surface area contributed by atoms with E-state index in [1.165, 1.54) is 22.7 Å². The first-order chi connectivity index (χ1) is 13.8. The van der Waals surface area contributed by atoms with Crippen LogP contribution in [0.4, 0.5) is 5.82 Å². The zero-order valence-corrected chi connectivity index (χ0v) is 15.5. The Kier molecular flexibility index (Phi) is 4.38. The Bertz CT molecular complexity index is 1120. The van der Waals surface area contributed by atoms with E-state index in [-0.39, 0.29) is 12.3 Å². The summed E-state index contributed by atoms with van der Waals surface area (Å²) in [5.41, 5.74) is 8.51. The Morgan fingerprint density at radius 3 is 2.89 bits per heavy atom. The third-order valence-electron chi connectivity index (χ3n) is 5.30. The summed E-state index contributed by atoms with van der Waals surface area (Å²) >= 11 is 0. The minimum Gasteiger partial charge on any atom is -0.382 e. The molecular weight excluding hydrogens is 352 g/mol. The summed E-state index contributed by atoms with van der Waals surface area (Å²) < 4.78 is 8.18. The number of anilines is 1. The van der Waals surface area contributed by atoms with E-state index in [0.29, 0.717) is 11.3 Å². The van der Waals surface area contributed by atoms with Gasteiger partial charge in [-0.25, -0.2) is 15.0 Å². The second kappa shape index (κ2) is 7.18. The molecule has 2 unspecified atom stereocenters. The minimum absolute atomic E-state index is 0.0632. The van der Waals surface area contributed by atoms with E-state index < -0.39 is 0 Å². The number of nitrogen functional groups attached to an aromatic ring is 1. The van der Waals surface area contributed by atoms with Crippen molar-refractivity contribution in [3.05, 3.63) is 60.7 Å². The molecule has 7 heteroatoms. The van der Waals surface area contributed by atoms with Crippen LogP contribution in [0.15, 0.2) is 55.1 Å². The SMILES string of the molecule is Nc1ncnc2c1ncn2C1CCC(CNCc2ccc3ccccc3c2)O1. The third-order valence-corrected chi connectivity index (χ3v) is 5.30. The van der Waals surface area contributed by atoms with Crippen molar-refractivity contribution < 1.29 is 4.74 Å². The second-order valence-corrected chi connectivity index (χ2v) is 7.19. The highest BCUT2D eigenvalue weighted by Crippen LogP contribution is 2.30. The zero-order chi connectivity index (χ0) is 18.9. The van der Waals surface area contributed by atoms with Crippen LogP contribution in [0.3, 0.4) is 0 Å². The molecule has 7 nitrogen and oxygen atoms in total. The Hall–Kier alpha value is -3.03. The average molecular weight is 374 g/mol. The van der Waals surface area contributed by atoms with Crippen molar-refractivity contribution in [1.82, 2.24) is 24.8 Å². The molecule has 0 radical (unpaired) electrons. The Morgan fingerprint density at radius 1 is 1.07 bits per heavy atom. The zero-order valence-electron chi connectivity index (χ0n) is 15.5. The topological polar surface area (TPSA) is 90.9 Å². The quantitative estimate of drug-likeness (QED) is 0.558. The number of rotatable bonds is 5. The molecule has 0 bridgehead atoms. The molecule has 2 atom stereocenters. The first kappa shape index (κ1) is 17.1. The summed E-state index contributed by atoms with van der Waals surface area (Å²) in [6, 6.07) is 15.0. The van der Waals surface area contributed by atoms with Crippen LogP contribution in [0.1, 0.15) is 24.6 Å². The molecule has 28 heavy (non-hydrogen) atoms. The van der Waals surface area contributed by atoms with E-state index in [1.54, 1.807) is 6.33 Å². The first-order valence-electron chi connectivity index (χ1n) is 9.55. The smallest absolute Gasteiger partial charge is 0.167 e. The van der Waals surface area contributed by atoms with Crippen molar-refractivity contribution in [2.75, 3.05) is 12.3 Å². The fourth-order valence-corrected chi connectivity index (χ4v) is 3.85. The van der Waals surface area contributed by atoms with Crippen LogP contribution in [0.2, 0.25) is 0 Å². The van der Waals surface area contributed by atoms with Gasteiger partial charge in [-0.05, 0) is 35.2 Å². The molecule has 1 aliphatic heterocycles. The molecule has 3 heterocycles. The molecular formula is C21H22N6O. The maximum absolute atomic E-state index is 6.22. The maximum atomic E-state index is 6.22. The molecule has 0 spiro atoms. The van der Waals surface area contributed by atoms with E-state index in [4.69, 9.17) is 10.5 Å². The number of nitrogens with zero attached hydrogens (tertiary/aromatic N) is 4. The lowest BCUT2D eigenvalue weighted by Gasteiger charge is -2.16. The monoisotopic (exact) mass is 374 g/mol. The minimum atomic E-state index is -0.0632. The lowest BCUT2D eigenvalue weighted by atomic mass is 10.1. The van der Waals surface area contributed by atoms with Gasteiger partial charge in [0.15, 0.2) is 11.5 Å². The van der Waals surface area contributed by atoms with Gasteiger partial charge in [-0.1, -0.05) is 36.4 Å². The fourth-order valence-electron chi connectivity index (χ4n) is 3.85. The van der Waals surface area contributed by atoms with Gasteiger partial charge < -0.3 is 15.8 Å². The lowest BCUT2D eigenvalue weighted by Crippen LogP contribution is -2.26. The van der Waals surface area contributed by atoms with Crippen LogP contribution in [0.25, 0.3) is 21.9 Å². The van der Waals surface area contributed by atoms with Gasteiger partial charge in [0, 0.05) is 13.1 Å². The van der Waals surface area contributed by atoms with E-state index in [1.807, 2.05) is 4.57 Å². The number of hydrogen-bond acceptors (Lipinski definition) is 6. The van der Waals surface area contributed by atoms with Crippen LogP contribution in [0, 0.1) is 0 Å². The number of hydrogen-bond donors (Lipinski definition) is 2. The van der Waals surface area contributed by atoms with Crippen LogP contribution in [0.5, 0.6) is 0 Å². The van der Waals surface area contributed by atoms with Crippen molar-refractivity contribution in [3.8, 4) is 0 Å². The van der Waals surface area contributed by atoms with Crippen molar-refractivity contribution in [2.24, 2.45) is 0 Å². The highest BCUT2D eigenvalue weighted by Gasteiger charge is 2.27. The van der Waals surface area contributed by atoms with E-state index in [0.717, 1.165) is 31.6 Å². The van der Waals surface area contributed by atoms with Crippen molar-refractivity contribution >= 4 is 27.8 Å². The average Bonchev–Trinajstić information content (AvgIpc) is 3.35.